The summed E-state index contributed by atoms with van der Waals surface area (Å²) in [6.07, 6.45) is -4.78. The van der Waals surface area contributed by atoms with Gasteiger partial charge in [-0.1, -0.05) is 12.1 Å². The van der Waals surface area contributed by atoms with Gasteiger partial charge in [0.25, 0.3) is 10.0 Å². The van der Waals surface area contributed by atoms with Gasteiger partial charge in [-0.05, 0) is 67.6 Å². The van der Waals surface area contributed by atoms with Crippen LogP contribution in [-0.2, 0) is 16.2 Å². The van der Waals surface area contributed by atoms with Gasteiger partial charge in [0, 0.05) is 25.7 Å². The highest BCUT2D eigenvalue weighted by atomic mass is 32.2. The molecule has 1 heterocycles. The van der Waals surface area contributed by atoms with Crippen molar-refractivity contribution >= 4 is 21.4 Å². The van der Waals surface area contributed by atoms with Crippen LogP contribution in [0.2, 0.25) is 0 Å². The number of nitrogens with zero attached hydrogens (tertiary/aromatic N) is 3. The molecule has 3 aromatic carbocycles. The van der Waals surface area contributed by atoms with Gasteiger partial charge in [0.15, 0.2) is 0 Å². The maximum atomic E-state index is 14.3. The zero-order chi connectivity index (χ0) is 32.4. The number of anilines is 2. The van der Waals surface area contributed by atoms with Crippen LogP contribution in [0.15, 0.2) is 65.6 Å². The zero-order valence-electron chi connectivity index (χ0n) is 23.7. The minimum absolute atomic E-state index is 0.0708. The summed E-state index contributed by atoms with van der Waals surface area (Å²) < 4.78 is 113. The van der Waals surface area contributed by atoms with Crippen LogP contribution in [0.3, 0.4) is 0 Å². The van der Waals surface area contributed by atoms with Crippen LogP contribution in [-0.4, -0.2) is 82.1 Å². The van der Waals surface area contributed by atoms with E-state index in [0.717, 1.165) is 40.7 Å². The first-order valence-electron chi connectivity index (χ1n) is 13.4. The lowest BCUT2D eigenvalue weighted by Gasteiger charge is -2.41. The lowest BCUT2D eigenvalue weighted by atomic mass is 10.0. The fourth-order valence-corrected chi connectivity index (χ4v) is 6.31. The summed E-state index contributed by atoms with van der Waals surface area (Å²) in [5.74, 6) is -1.34. The van der Waals surface area contributed by atoms with E-state index in [9.17, 15) is 45.0 Å². The lowest BCUT2D eigenvalue weighted by Crippen LogP contribution is -2.53. The van der Waals surface area contributed by atoms with E-state index in [1.165, 1.54) is 12.1 Å². The smallest absolute Gasteiger partial charge is 0.416 e. The van der Waals surface area contributed by atoms with Gasteiger partial charge in [0.1, 0.15) is 11.6 Å². The maximum Gasteiger partial charge on any atom is 0.416 e. The Kier molecular flexibility index (Phi) is 9.73. The molecule has 0 radical (unpaired) electrons. The van der Waals surface area contributed by atoms with Gasteiger partial charge in [0.2, 0.25) is 0 Å². The average molecular weight is 648 g/mol. The molecule has 0 unspecified atom stereocenters. The first kappa shape index (κ1) is 33.4. The number of hydrogen-bond donors (Lipinski definition) is 2. The number of alkyl halides is 5. The minimum atomic E-state index is -4.78. The molecule has 0 aromatic heterocycles. The number of benzene rings is 3. The molecule has 0 fully saturated rings. The monoisotopic (exact) mass is 647 g/mol. The fraction of sp³-hybridized carbons (Fsp3) is 0.379. The van der Waals surface area contributed by atoms with Crippen molar-refractivity contribution in [1.82, 2.24) is 4.90 Å². The van der Waals surface area contributed by atoms with Crippen LogP contribution in [0, 0.1) is 5.82 Å². The Labute approximate surface area is 250 Å². The average Bonchev–Trinajstić information content (AvgIpc) is 2.97. The topological polar surface area (TPSA) is 93.6 Å². The molecule has 240 valence electrons. The number of hydrogen-bond acceptors (Lipinski definition) is 7. The van der Waals surface area contributed by atoms with Gasteiger partial charge in [-0.25, -0.2) is 12.8 Å². The minimum Gasteiger partial charge on any atom is -0.435 e. The molecule has 0 saturated heterocycles. The zero-order valence-corrected chi connectivity index (χ0v) is 24.5. The molecule has 3 aromatic rings. The molecule has 0 atom stereocenters. The van der Waals surface area contributed by atoms with E-state index in [1.54, 1.807) is 24.9 Å². The Bertz CT molecular complexity index is 1580. The van der Waals surface area contributed by atoms with Crippen LogP contribution in [0.4, 0.5) is 37.7 Å². The van der Waals surface area contributed by atoms with Gasteiger partial charge in [-0.15, -0.1) is 0 Å². The van der Waals surface area contributed by atoms with Crippen molar-refractivity contribution in [2.45, 2.75) is 30.1 Å². The number of sulfonamides is 1. The number of fused-ring (bicyclic) bond motifs is 1. The van der Waals surface area contributed by atoms with Crippen molar-refractivity contribution in [3.05, 3.63) is 72.0 Å². The number of rotatable bonds is 11. The summed E-state index contributed by atoms with van der Waals surface area (Å²) in [4.78, 5) is 2.99. The third-order valence-corrected chi connectivity index (χ3v) is 9.45. The van der Waals surface area contributed by atoms with Crippen LogP contribution < -0.4 is 13.9 Å². The molecule has 8 nitrogen and oxygen atoms in total. The number of halogens is 6. The van der Waals surface area contributed by atoms with Crippen LogP contribution in [0.25, 0.3) is 11.1 Å². The highest BCUT2D eigenvalue weighted by molar-refractivity contribution is 7.92. The van der Waals surface area contributed by atoms with E-state index in [2.05, 4.69) is 4.74 Å². The summed E-state index contributed by atoms with van der Waals surface area (Å²) in [7, 11) is -2.84. The second kappa shape index (κ2) is 12.8. The van der Waals surface area contributed by atoms with E-state index in [1.807, 2.05) is 4.90 Å². The molecule has 0 aliphatic carbocycles. The Balaban J connectivity index is 1.79. The first-order valence-corrected chi connectivity index (χ1v) is 14.8. The normalized spacial score (nSPS) is 14.4. The number of ether oxygens (including phenoxy) is 1. The molecule has 0 spiro atoms. The third-order valence-electron chi connectivity index (χ3n) is 7.65. The molecule has 1 aliphatic rings. The Morgan fingerprint density at radius 1 is 0.955 bits per heavy atom. The quantitative estimate of drug-likeness (QED) is 0.289. The lowest BCUT2D eigenvalue weighted by molar-refractivity contribution is -0.137. The predicted octanol–water partition coefficient (Wildman–Crippen LogP) is 4.80. The largest absolute Gasteiger partial charge is 0.435 e. The summed E-state index contributed by atoms with van der Waals surface area (Å²) in [6, 6.07) is 10.8. The molecule has 2 N–H and O–H groups in total. The van der Waals surface area contributed by atoms with Crippen molar-refractivity contribution in [3.63, 3.8) is 0 Å². The Hall–Kier alpha value is -3.53. The van der Waals surface area contributed by atoms with Gasteiger partial charge in [0.05, 0.1) is 47.1 Å². The van der Waals surface area contributed by atoms with Crippen LogP contribution in [0.1, 0.15) is 12.5 Å². The van der Waals surface area contributed by atoms with Crippen molar-refractivity contribution in [1.29, 1.82) is 0 Å². The van der Waals surface area contributed by atoms with Gasteiger partial charge < -0.3 is 19.8 Å². The van der Waals surface area contributed by atoms with Crippen LogP contribution in [0.5, 0.6) is 5.75 Å². The molecule has 0 bridgehead atoms. The molecule has 0 saturated carbocycles. The van der Waals surface area contributed by atoms with Crippen LogP contribution >= 0.6 is 0 Å². The highest BCUT2D eigenvalue weighted by Crippen LogP contribution is 2.41. The highest BCUT2D eigenvalue weighted by Gasteiger charge is 2.36. The molecule has 4 rings (SSSR count). The van der Waals surface area contributed by atoms with E-state index in [-0.39, 0.29) is 43.1 Å². The molecule has 44 heavy (non-hydrogen) atoms. The SMILES string of the molecule is CN(CCN1CCN(S(=O)(=O)c2cccc(C(F)(F)F)c2)c2cc(-c3cc(F)cc(OC(F)F)c3)ccc21)C(C)(CO)CO. The van der Waals surface area contributed by atoms with E-state index >= 15 is 0 Å². The van der Waals surface area contributed by atoms with E-state index in [4.69, 9.17) is 0 Å². The molecular formula is C29H31F6N3O5S. The molecule has 0 amide bonds. The second-order valence-corrected chi connectivity index (χ2v) is 12.4. The maximum absolute atomic E-state index is 14.3. The first-order chi connectivity index (χ1) is 20.6. The van der Waals surface area contributed by atoms with Gasteiger partial charge in [-0.2, -0.15) is 22.0 Å². The van der Waals surface area contributed by atoms with Gasteiger partial charge >= 0.3 is 12.8 Å². The second-order valence-electron chi connectivity index (χ2n) is 10.6. The molecule has 15 heteroatoms. The predicted molar refractivity (Wildman–Crippen MR) is 152 cm³/mol. The van der Waals surface area contributed by atoms with E-state index in [0.29, 0.717) is 24.8 Å². The number of likely N-dealkylation sites (N-methyl/N-ethyl adjacent to an activating group) is 1. The molecule has 1 aliphatic heterocycles. The fourth-order valence-electron chi connectivity index (χ4n) is 4.80. The number of aliphatic hydroxyl groups is 2. The van der Waals surface area contributed by atoms with Gasteiger partial charge in [-0.3, -0.25) is 9.21 Å². The standard InChI is InChI=1S/C29H31F6N3O5S/c1-28(17-39,18-40)36(2)8-9-37-10-11-38(44(41,42)24-5-3-4-21(15-24)29(33,34)35)26-14-19(6-7-25(26)37)20-12-22(30)16-23(13-20)43-27(31)32/h3-7,12-16,27,39-40H,8-11,17-18H2,1-2H3. The van der Waals surface area contributed by atoms with Crippen molar-refractivity contribution in [2.24, 2.45) is 0 Å². The summed E-state index contributed by atoms with van der Waals surface area (Å²) in [5.41, 5.74) is -1.29. The number of aliphatic hydroxyl groups excluding tert-OH is 2. The molecular weight excluding hydrogens is 616 g/mol. The third kappa shape index (κ3) is 7.06. The van der Waals surface area contributed by atoms with E-state index < -0.39 is 50.4 Å². The summed E-state index contributed by atoms with van der Waals surface area (Å²) >= 11 is 0. The summed E-state index contributed by atoms with van der Waals surface area (Å²) in [5, 5.41) is 19.5. The Morgan fingerprint density at radius 3 is 2.30 bits per heavy atom. The van der Waals surface area contributed by atoms with Crippen molar-refractivity contribution < 1.29 is 49.7 Å². The van der Waals surface area contributed by atoms with Crippen molar-refractivity contribution in [2.75, 3.05) is 55.6 Å². The summed E-state index contributed by atoms with van der Waals surface area (Å²) in [6.45, 7) is -1.59. The Morgan fingerprint density at radius 2 is 1.66 bits per heavy atom. The van der Waals surface area contributed by atoms with Crippen molar-refractivity contribution in [3.8, 4) is 16.9 Å².